The van der Waals surface area contributed by atoms with Gasteiger partial charge in [0.15, 0.2) is 5.82 Å². The van der Waals surface area contributed by atoms with Crippen molar-refractivity contribution in [1.29, 1.82) is 0 Å². The average Bonchev–Trinajstić information content (AvgIpc) is 2.29. The molecule has 0 unspecified atom stereocenters. The summed E-state index contributed by atoms with van der Waals surface area (Å²) in [6.07, 6.45) is 5.81. The lowest BCUT2D eigenvalue weighted by Crippen LogP contribution is -1.96. The van der Waals surface area contributed by atoms with E-state index in [0.29, 0.717) is 16.2 Å². The van der Waals surface area contributed by atoms with E-state index in [1.54, 1.807) is 18.6 Å². The van der Waals surface area contributed by atoms with E-state index in [-0.39, 0.29) is 0 Å². The average molecular weight is 218 g/mol. The molecular weight excluding hydrogens is 208 g/mol. The Kier molecular flexibility index (Phi) is 2.82. The van der Waals surface area contributed by atoms with Crippen molar-refractivity contribution in [2.45, 2.75) is 13.3 Å². The molecule has 0 radical (unpaired) electrons. The standard InChI is InChI=1S/C10H10N4S/c1-2-7-5-9(15)14-10(13-7)8-6-11-3-4-12-8/h3-6H,2H2,1H3,(H,13,14,15). The number of hydrogen-bond donors (Lipinski definition) is 1. The van der Waals surface area contributed by atoms with Gasteiger partial charge in [-0.05, 0) is 12.5 Å². The number of H-pyrrole nitrogens is 1. The summed E-state index contributed by atoms with van der Waals surface area (Å²) in [7, 11) is 0. The van der Waals surface area contributed by atoms with Gasteiger partial charge in [-0.25, -0.2) is 9.97 Å². The third kappa shape index (κ3) is 2.24. The maximum absolute atomic E-state index is 5.07. The summed E-state index contributed by atoms with van der Waals surface area (Å²) in [6.45, 7) is 2.06. The molecule has 0 fully saturated rings. The predicted octanol–water partition coefficient (Wildman–Crippen LogP) is 2.16. The van der Waals surface area contributed by atoms with Crippen LogP contribution in [-0.4, -0.2) is 19.9 Å². The second-order valence-electron chi connectivity index (χ2n) is 3.04. The number of aromatic amines is 1. The molecule has 4 nitrogen and oxygen atoms in total. The van der Waals surface area contributed by atoms with Gasteiger partial charge in [0.1, 0.15) is 10.3 Å². The van der Waals surface area contributed by atoms with Crippen molar-refractivity contribution in [3.63, 3.8) is 0 Å². The lowest BCUT2D eigenvalue weighted by molar-refractivity contribution is 0.988. The first kappa shape index (κ1) is 9.92. The Morgan fingerprint density at radius 2 is 2.27 bits per heavy atom. The van der Waals surface area contributed by atoms with E-state index < -0.39 is 0 Å². The van der Waals surface area contributed by atoms with Gasteiger partial charge < -0.3 is 4.98 Å². The van der Waals surface area contributed by atoms with Gasteiger partial charge in [0.2, 0.25) is 0 Å². The fourth-order valence-electron chi connectivity index (χ4n) is 1.24. The number of hydrogen-bond acceptors (Lipinski definition) is 4. The molecule has 2 aromatic rings. The summed E-state index contributed by atoms with van der Waals surface area (Å²) in [4.78, 5) is 15.5. The maximum atomic E-state index is 5.07. The summed E-state index contributed by atoms with van der Waals surface area (Å²) in [6, 6.07) is 1.86. The maximum Gasteiger partial charge on any atom is 0.159 e. The minimum atomic E-state index is 0.575. The first-order valence-electron chi connectivity index (χ1n) is 4.66. The third-order valence-electron chi connectivity index (χ3n) is 1.99. The number of aryl methyl sites for hydroxylation is 1. The molecule has 15 heavy (non-hydrogen) atoms. The Balaban J connectivity index is 2.54. The molecule has 0 saturated carbocycles. The highest BCUT2D eigenvalue weighted by Crippen LogP contribution is 2.10. The van der Waals surface area contributed by atoms with Gasteiger partial charge in [0, 0.05) is 18.1 Å². The highest BCUT2D eigenvalue weighted by Gasteiger charge is 2.02. The Hall–Kier alpha value is -1.62. The number of rotatable bonds is 2. The van der Waals surface area contributed by atoms with Crippen LogP contribution in [0.5, 0.6) is 0 Å². The van der Waals surface area contributed by atoms with Crippen LogP contribution in [0.2, 0.25) is 0 Å². The van der Waals surface area contributed by atoms with Gasteiger partial charge in [0.25, 0.3) is 0 Å². The van der Waals surface area contributed by atoms with Crippen LogP contribution in [-0.2, 0) is 6.42 Å². The van der Waals surface area contributed by atoms with Crippen LogP contribution in [0.1, 0.15) is 12.6 Å². The lowest BCUT2D eigenvalue weighted by atomic mass is 10.3. The Bertz CT molecular complexity index is 506. The minimum Gasteiger partial charge on any atom is -0.342 e. The number of aromatic nitrogens is 4. The fraction of sp³-hybridized carbons (Fsp3) is 0.200. The smallest absolute Gasteiger partial charge is 0.159 e. The Morgan fingerprint density at radius 1 is 1.40 bits per heavy atom. The molecule has 2 heterocycles. The molecule has 0 amide bonds. The molecule has 76 valence electrons. The largest absolute Gasteiger partial charge is 0.342 e. The van der Waals surface area contributed by atoms with E-state index in [4.69, 9.17) is 12.2 Å². The van der Waals surface area contributed by atoms with E-state index in [1.165, 1.54) is 0 Å². The van der Waals surface area contributed by atoms with Crippen LogP contribution in [0.3, 0.4) is 0 Å². The van der Waals surface area contributed by atoms with Gasteiger partial charge >= 0.3 is 0 Å². The topological polar surface area (TPSA) is 54.5 Å². The van der Waals surface area contributed by atoms with Gasteiger partial charge in [0.05, 0.1) is 6.20 Å². The molecule has 1 N–H and O–H groups in total. The highest BCUT2D eigenvalue weighted by atomic mass is 32.1. The molecule has 0 spiro atoms. The lowest BCUT2D eigenvalue weighted by Gasteiger charge is -2.02. The van der Waals surface area contributed by atoms with Gasteiger partial charge in [-0.3, -0.25) is 4.98 Å². The molecule has 0 saturated heterocycles. The number of nitrogens with zero attached hydrogens (tertiary/aromatic N) is 3. The molecule has 2 aromatic heterocycles. The zero-order valence-electron chi connectivity index (χ0n) is 8.27. The van der Waals surface area contributed by atoms with Crippen LogP contribution < -0.4 is 0 Å². The van der Waals surface area contributed by atoms with Crippen LogP contribution in [0, 0.1) is 4.64 Å². The fourth-order valence-corrected chi connectivity index (χ4v) is 1.47. The third-order valence-corrected chi connectivity index (χ3v) is 2.19. The second kappa shape index (κ2) is 4.27. The molecular formula is C10H10N4S. The monoisotopic (exact) mass is 218 g/mol. The number of nitrogens with one attached hydrogen (secondary N) is 1. The van der Waals surface area contributed by atoms with Crippen molar-refractivity contribution < 1.29 is 0 Å². The van der Waals surface area contributed by atoms with Crippen LogP contribution in [0.4, 0.5) is 0 Å². The minimum absolute atomic E-state index is 0.575. The zero-order valence-corrected chi connectivity index (χ0v) is 9.08. The first-order valence-corrected chi connectivity index (χ1v) is 5.07. The Morgan fingerprint density at radius 3 is 2.93 bits per heavy atom. The SMILES string of the molecule is CCc1cc(=S)nc(-c2cnccn2)[nH]1. The molecule has 0 aliphatic carbocycles. The summed E-state index contributed by atoms with van der Waals surface area (Å²) < 4.78 is 0.575. The molecule has 0 atom stereocenters. The van der Waals surface area contributed by atoms with Gasteiger partial charge in [-0.1, -0.05) is 19.1 Å². The van der Waals surface area contributed by atoms with Crippen LogP contribution in [0.25, 0.3) is 11.5 Å². The molecule has 0 aliphatic heterocycles. The Labute approximate surface area is 92.5 Å². The summed E-state index contributed by atoms with van der Waals surface area (Å²) in [5, 5.41) is 0. The van der Waals surface area contributed by atoms with E-state index in [9.17, 15) is 0 Å². The normalized spacial score (nSPS) is 10.2. The molecule has 2 rings (SSSR count). The predicted molar refractivity (Wildman–Crippen MR) is 59.8 cm³/mol. The second-order valence-corrected chi connectivity index (χ2v) is 3.46. The summed E-state index contributed by atoms with van der Waals surface area (Å²) >= 11 is 5.07. The van der Waals surface area contributed by atoms with Crippen LogP contribution in [0.15, 0.2) is 24.7 Å². The van der Waals surface area contributed by atoms with Crippen molar-refractivity contribution >= 4 is 12.2 Å². The molecule has 0 bridgehead atoms. The van der Waals surface area contributed by atoms with Crippen molar-refractivity contribution in [2.75, 3.05) is 0 Å². The van der Waals surface area contributed by atoms with Crippen molar-refractivity contribution in [1.82, 2.24) is 19.9 Å². The van der Waals surface area contributed by atoms with E-state index in [2.05, 4.69) is 26.9 Å². The molecule has 0 aromatic carbocycles. The van der Waals surface area contributed by atoms with Crippen molar-refractivity contribution in [3.05, 3.63) is 35.0 Å². The summed E-state index contributed by atoms with van der Waals surface area (Å²) in [5.41, 5.74) is 1.76. The first-order chi connectivity index (χ1) is 7.29. The van der Waals surface area contributed by atoms with E-state index in [1.807, 2.05) is 6.07 Å². The van der Waals surface area contributed by atoms with Crippen LogP contribution >= 0.6 is 12.2 Å². The summed E-state index contributed by atoms with van der Waals surface area (Å²) in [5.74, 6) is 0.674. The van der Waals surface area contributed by atoms with Crippen molar-refractivity contribution in [3.8, 4) is 11.5 Å². The highest BCUT2D eigenvalue weighted by molar-refractivity contribution is 7.71. The quantitative estimate of drug-likeness (QED) is 0.785. The zero-order chi connectivity index (χ0) is 10.7. The van der Waals surface area contributed by atoms with E-state index in [0.717, 1.165) is 12.1 Å². The van der Waals surface area contributed by atoms with E-state index >= 15 is 0 Å². The van der Waals surface area contributed by atoms with Crippen molar-refractivity contribution in [2.24, 2.45) is 0 Å². The van der Waals surface area contributed by atoms with Gasteiger partial charge in [-0.2, -0.15) is 0 Å². The van der Waals surface area contributed by atoms with Gasteiger partial charge in [-0.15, -0.1) is 0 Å². The molecule has 5 heteroatoms. The molecule has 0 aliphatic rings.